The van der Waals surface area contributed by atoms with Crippen molar-refractivity contribution in [3.05, 3.63) is 61.0 Å². The van der Waals surface area contributed by atoms with Crippen LogP contribution in [-0.4, -0.2) is 16.0 Å². The van der Waals surface area contributed by atoms with Crippen LogP contribution in [0.3, 0.4) is 0 Å². The van der Waals surface area contributed by atoms with Gasteiger partial charge in [-0.05, 0) is 46.3 Å². The fraction of sp³-hybridized carbons (Fsp3) is 0. The van der Waals surface area contributed by atoms with E-state index in [1.807, 2.05) is 12.1 Å². The molecule has 0 aliphatic rings. The number of nitrogens with one attached hydrogen (secondary N) is 1. The molecule has 0 aliphatic heterocycles. The van der Waals surface area contributed by atoms with Crippen molar-refractivity contribution in [3.8, 4) is 0 Å². The number of aromatic carboxylic acids is 1. The molecule has 8 heteroatoms. The fourth-order valence-corrected chi connectivity index (χ4v) is 2.83. The number of hydrogen-bond acceptors (Lipinski definition) is 4. The molecule has 0 atom stereocenters. The lowest BCUT2D eigenvalue weighted by molar-refractivity contribution is -0.385. The highest BCUT2D eigenvalue weighted by Crippen LogP contribution is 2.31. The summed E-state index contributed by atoms with van der Waals surface area (Å²) >= 11 is 6.69. The van der Waals surface area contributed by atoms with Crippen LogP contribution in [0.5, 0.6) is 0 Å². The van der Waals surface area contributed by atoms with Crippen molar-refractivity contribution in [1.29, 1.82) is 0 Å². The van der Waals surface area contributed by atoms with Crippen LogP contribution in [0.2, 0.25) is 0 Å². The zero-order valence-corrected chi connectivity index (χ0v) is 13.5. The van der Waals surface area contributed by atoms with Gasteiger partial charge in [0.25, 0.3) is 5.69 Å². The van der Waals surface area contributed by atoms with Gasteiger partial charge in [0.2, 0.25) is 0 Å². The van der Waals surface area contributed by atoms with Crippen LogP contribution in [0.4, 0.5) is 17.1 Å². The van der Waals surface area contributed by atoms with Crippen molar-refractivity contribution in [1.82, 2.24) is 0 Å². The minimum Gasteiger partial charge on any atom is -0.477 e. The number of nitro groups is 1. The molecule has 0 heterocycles. The van der Waals surface area contributed by atoms with E-state index in [1.165, 1.54) is 18.2 Å². The van der Waals surface area contributed by atoms with Gasteiger partial charge >= 0.3 is 5.97 Å². The van der Waals surface area contributed by atoms with Gasteiger partial charge in [-0.2, -0.15) is 0 Å². The van der Waals surface area contributed by atoms with Gasteiger partial charge in [-0.25, -0.2) is 4.79 Å². The summed E-state index contributed by atoms with van der Waals surface area (Å²) in [6.07, 6.45) is 0. The Morgan fingerprint density at radius 1 is 1.19 bits per heavy atom. The Morgan fingerprint density at radius 2 is 1.90 bits per heavy atom. The number of carboxylic acid groups (broad SMARTS) is 1. The van der Waals surface area contributed by atoms with Crippen LogP contribution in [0, 0.1) is 10.1 Å². The molecular formula is C13H8Br2N2O4. The number of anilines is 2. The number of nitrogens with zero attached hydrogens (tertiary/aromatic N) is 1. The summed E-state index contributed by atoms with van der Waals surface area (Å²) in [4.78, 5) is 21.2. The molecule has 2 rings (SSSR count). The van der Waals surface area contributed by atoms with E-state index in [1.54, 1.807) is 6.07 Å². The van der Waals surface area contributed by atoms with Crippen LogP contribution in [0.1, 0.15) is 10.4 Å². The van der Waals surface area contributed by atoms with Gasteiger partial charge in [-0.1, -0.05) is 15.9 Å². The van der Waals surface area contributed by atoms with Crippen LogP contribution in [0.25, 0.3) is 0 Å². The summed E-state index contributed by atoms with van der Waals surface area (Å²) in [6, 6.07) is 9.29. The molecule has 6 nitrogen and oxygen atoms in total. The summed E-state index contributed by atoms with van der Waals surface area (Å²) in [6.45, 7) is 0. The van der Waals surface area contributed by atoms with E-state index in [9.17, 15) is 14.9 Å². The van der Waals surface area contributed by atoms with E-state index in [-0.39, 0.29) is 5.56 Å². The molecule has 0 radical (unpaired) electrons. The molecule has 2 aromatic rings. The lowest BCUT2D eigenvalue weighted by Crippen LogP contribution is -2.03. The zero-order chi connectivity index (χ0) is 15.6. The largest absolute Gasteiger partial charge is 0.477 e. The molecule has 0 amide bonds. The first-order valence-electron chi connectivity index (χ1n) is 5.62. The van der Waals surface area contributed by atoms with E-state index in [4.69, 9.17) is 5.11 Å². The molecule has 21 heavy (non-hydrogen) atoms. The van der Waals surface area contributed by atoms with Crippen molar-refractivity contribution in [2.24, 2.45) is 0 Å². The molecule has 2 N–H and O–H groups in total. The molecule has 2 aromatic carbocycles. The second kappa shape index (κ2) is 6.23. The molecule has 0 aromatic heterocycles. The minimum absolute atomic E-state index is 0.347. The maximum absolute atomic E-state index is 10.9. The fourth-order valence-electron chi connectivity index (χ4n) is 1.69. The molecular weight excluding hydrogens is 408 g/mol. The Hall–Kier alpha value is -1.93. The second-order valence-electron chi connectivity index (χ2n) is 4.04. The van der Waals surface area contributed by atoms with Crippen molar-refractivity contribution in [2.45, 2.75) is 0 Å². The first kappa shape index (κ1) is 15.5. The van der Waals surface area contributed by atoms with Crippen molar-refractivity contribution in [2.75, 3.05) is 5.32 Å². The highest BCUT2D eigenvalue weighted by molar-refractivity contribution is 9.11. The smallest absolute Gasteiger partial charge is 0.342 e. The molecule has 0 saturated heterocycles. The van der Waals surface area contributed by atoms with Gasteiger partial charge in [0.05, 0.1) is 10.6 Å². The van der Waals surface area contributed by atoms with Gasteiger partial charge in [-0.3, -0.25) is 10.1 Å². The van der Waals surface area contributed by atoms with Gasteiger partial charge < -0.3 is 10.4 Å². The van der Waals surface area contributed by atoms with Gasteiger partial charge in [0.15, 0.2) is 0 Å². The van der Waals surface area contributed by atoms with Crippen molar-refractivity contribution < 1.29 is 14.8 Å². The highest BCUT2D eigenvalue weighted by Gasteiger charge is 2.20. The molecule has 108 valence electrons. The predicted octanol–water partition coefficient (Wildman–Crippen LogP) is 4.56. The third kappa shape index (κ3) is 3.59. The SMILES string of the molecule is O=C(O)c1ccc(Nc2ccc(Br)cc2Br)cc1[N+](=O)[O-]. The zero-order valence-electron chi connectivity index (χ0n) is 10.3. The number of rotatable bonds is 4. The lowest BCUT2D eigenvalue weighted by atomic mass is 10.1. The summed E-state index contributed by atoms with van der Waals surface area (Å²) in [5.41, 5.74) is 0.325. The van der Waals surface area contributed by atoms with E-state index in [2.05, 4.69) is 37.2 Å². The summed E-state index contributed by atoms with van der Waals surface area (Å²) in [5, 5.41) is 22.9. The van der Waals surface area contributed by atoms with Gasteiger partial charge in [-0.15, -0.1) is 0 Å². The van der Waals surface area contributed by atoms with Gasteiger partial charge in [0, 0.05) is 20.7 Å². The van der Waals surface area contributed by atoms with Crippen LogP contribution in [-0.2, 0) is 0 Å². The summed E-state index contributed by atoms with van der Waals surface area (Å²) in [7, 11) is 0. The average Bonchev–Trinajstić information content (AvgIpc) is 2.41. The summed E-state index contributed by atoms with van der Waals surface area (Å²) in [5.74, 6) is -1.34. The Labute approximate surface area is 136 Å². The standard InChI is InChI=1S/C13H8Br2N2O4/c14-7-1-4-11(10(15)5-7)16-8-2-3-9(13(18)19)12(6-8)17(20)21/h1-6,16H,(H,18,19). The maximum atomic E-state index is 10.9. The van der Waals surface area contributed by atoms with E-state index in [0.717, 1.165) is 8.95 Å². The predicted molar refractivity (Wildman–Crippen MR) is 85.2 cm³/mol. The van der Waals surface area contributed by atoms with Crippen molar-refractivity contribution in [3.63, 3.8) is 0 Å². The maximum Gasteiger partial charge on any atom is 0.342 e. The topological polar surface area (TPSA) is 92.5 Å². The third-order valence-corrected chi connectivity index (χ3v) is 3.78. The van der Waals surface area contributed by atoms with Crippen LogP contribution in [0.15, 0.2) is 45.3 Å². The molecule has 0 aliphatic carbocycles. The van der Waals surface area contributed by atoms with Crippen LogP contribution >= 0.6 is 31.9 Å². The first-order chi connectivity index (χ1) is 9.88. The first-order valence-corrected chi connectivity index (χ1v) is 7.21. The molecule has 0 unspecified atom stereocenters. The number of carbonyl (C=O) groups is 1. The molecule has 0 saturated carbocycles. The number of hydrogen-bond donors (Lipinski definition) is 2. The third-order valence-electron chi connectivity index (χ3n) is 2.63. The lowest BCUT2D eigenvalue weighted by Gasteiger charge is -2.09. The number of carboxylic acids is 1. The Bertz CT molecular complexity index is 734. The van der Waals surface area contributed by atoms with E-state index >= 15 is 0 Å². The molecule has 0 spiro atoms. The molecule has 0 fully saturated rings. The average molecular weight is 416 g/mol. The van der Waals surface area contributed by atoms with Crippen molar-refractivity contribution >= 4 is 54.9 Å². The van der Waals surface area contributed by atoms with E-state index in [0.29, 0.717) is 11.4 Å². The Balaban J connectivity index is 2.39. The van der Waals surface area contributed by atoms with E-state index < -0.39 is 16.6 Å². The summed E-state index contributed by atoms with van der Waals surface area (Å²) < 4.78 is 1.65. The van der Waals surface area contributed by atoms with Gasteiger partial charge in [0.1, 0.15) is 5.56 Å². The normalized spacial score (nSPS) is 10.2. The number of benzene rings is 2. The quantitative estimate of drug-likeness (QED) is 0.563. The highest BCUT2D eigenvalue weighted by atomic mass is 79.9. The monoisotopic (exact) mass is 414 g/mol. The second-order valence-corrected chi connectivity index (χ2v) is 5.81. The minimum atomic E-state index is -1.34. The molecule has 0 bridgehead atoms. The van der Waals surface area contributed by atoms with Crippen LogP contribution < -0.4 is 5.32 Å². The number of nitro benzene ring substituents is 1. The Morgan fingerprint density at radius 3 is 2.48 bits per heavy atom. The Kier molecular flexibility index (Phi) is 4.59. The number of halogens is 2.